The molecule has 4 heteroatoms. The number of carbonyl (C=O) groups excluding carboxylic acids is 1. The number of nitrogens with zero attached hydrogens (tertiary/aromatic N) is 1. The van der Waals surface area contributed by atoms with E-state index in [1.54, 1.807) is 0 Å². The van der Waals surface area contributed by atoms with E-state index < -0.39 is 5.60 Å². The van der Waals surface area contributed by atoms with E-state index in [2.05, 4.69) is 18.8 Å². The zero-order valence-corrected chi connectivity index (χ0v) is 19.5. The molecule has 4 aliphatic rings. The second kappa shape index (κ2) is 8.65. The number of carbonyl (C=O) groups is 1. The van der Waals surface area contributed by atoms with E-state index in [9.17, 15) is 9.90 Å². The van der Waals surface area contributed by atoms with Crippen LogP contribution in [0.15, 0.2) is 24.5 Å². The lowest BCUT2D eigenvalue weighted by Crippen LogP contribution is -2.51. The van der Waals surface area contributed by atoms with Gasteiger partial charge in [0.1, 0.15) is 5.60 Å². The number of fused-ring (bicyclic) bond motifs is 5. The first-order valence-corrected chi connectivity index (χ1v) is 12.9. The molecule has 0 spiro atoms. The Morgan fingerprint density at radius 1 is 1.03 bits per heavy atom. The highest BCUT2D eigenvalue weighted by atomic mass is 16.3. The number of aliphatic hydroxyl groups excluding tert-OH is 1. The standard InChI is InChI=1S/C28H39NO3/c1-27-13-10-22-21-11-14-28(32,12-2-5-17-30)18-20(21)6-7-23(22)24(27)8-9-25(27)26(31)19-29-15-3-4-16-29/h3-4,15-16,20-25,30,32H,5-11,13-14,17-19H2,1H3/t20-,21+,22?,23-,24+,25-,27+,28-/m1/s1. The summed E-state index contributed by atoms with van der Waals surface area (Å²) in [6.07, 6.45) is 14.3. The molecule has 0 aliphatic heterocycles. The molecule has 0 aromatic carbocycles. The number of hydrogen-bond acceptors (Lipinski definition) is 3. The Hall–Kier alpha value is -1.57. The third kappa shape index (κ3) is 3.86. The van der Waals surface area contributed by atoms with Crippen LogP contribution in [0.1, 0.15) is 71.1 Å². The first-order chi connectivity index (χ1) is 15.4. The maximum absolute atomic E-state index is 13.3. The van der Waals surface area contributed by atoms with Crippen molar-refractivity contribution in [3.63, 3.8) is 0 Å². The summed E-state index contributed by atoms with van der Waals surface area (Å²) in [5.74, 6) is 10.2. The lowest BCUT2D eigenvalue weighted by molar-refractivity contribution is -0.132. The number of rotatable bonds is 4. The van der Waals surface area contributed by atoms with Crippen molar-refractivity contribution < 1.29 is 15.0 Å². The van der Waals surface area contributed by atoms with Crippen LogP contribution in [0.2, 0.25) is 0 Å². The summed E-state index contributed by atoms with van der Waals surface area (Å²) < 4.78 is 2.03. The van der Waals surface area contributed by atoms with Crippen LogP contribution in [0.3, 0.4) is 0 Å². The molecule has 2 N–H and O–H groups in total. The van der Waals surface area contributed by atoms with Crippen molar-refractivity contribution in [1.29, 1.82) is 0 Å². The van der Waals surface area contributed by atoms with Gasteiger partial charge in [0.15, 0.2) is 5.78 Å². The number of hydrogen-bond donors (Lipinski definition) is 2. The molecule has 1 unspecified atom stereocenters. The summed E-state index contributed by atoms with van der Waals surface area (Å²) in [6, 6.07) is 4.00. The van der Waals surface area contributed by atoms with Crippen molar-refractivity contribution in [3.8, 4) is 11.8 Å². The summed E-state index contributed by atoms with van der Waals surface area (Å²) in [4.78, 5) is 13.3. The molecule has 0 radical (unpaired) electrons. The van der Waals surface area contributed by atoms with Crippen molar-refractivity contribution in [1.82, 2.24) is 4.57 Å². The van der Waals surface area contributed by atoms with Gasteiger partial charge in [-0.1, -0.05) is 18.8 Å². The highest BCUT2D eigenvalue weighted by molar-refractivity contribution is 5.82. The Morgan fingerprint density at radius 2 is 1.81 bits per heavy atom. The van der Waals surface area contributed by atoms with Crippen LogP contribution in [0, 0.1) is 52.8 Å². The van der Waals surface area contributed by atoms with E-state index in [0.717, 1.165) is 37.5 Å². The van der Waals surface area contributed by atoms with Gasteiger partial charge in [-0.2, -0.15) is 0 Å². The van der Waals surface area contributed by atoms with E-state index in [4.69, 9.17) is 5.11 Å². The smallest absolute Gasteiger partial charge is 0.156 e. The second-order valence-electron chi connectivity index (χ2n) is 11.5. The van der Waals surface area contributed by atoms with Gasteiger partial charge in [0.25, 0.3) is 0 Å². The lowest BCUT2D eigenvalue weighted by Gasteiger charge is -2.56. The molecule has 5 rings (SSSR count). The number of ketones is 1. The van der Waals surface area contributed by atoms with E-state index in [-0.39, 0.29) is 17.9 Å². The molecule has 0 bridgehead atoms. The van der Waals surface area contributed by atoms with Crippen LogP contribution >= 0.6 is 0 Å². The van der Waals surface area contributed by atoms with Crippen molar-refractivity contribution >= 4 is 5.78 Å². The molecule has 4 aliphatic carbocycles. The highest BCUT2D eigenvalue weighted by Crippen LogP contribution is 2.64. The van der Waals surface area contributed by atoms with Crippen LogP contribution in [-0.4, -0.2) is 32.8 Å². The SMILES string of the molecule is C[C@]12CCC3[C@H]4CC[C@](O)(C#CCCO)C[C@H]4CC[C@H]3[C@@H]1CC[C@@H]2C(=O)Cn1cccc1. The van der Waals surface area contributed by atoms with E-state index in [0.29, 0.717) is 36.5 Å². The predicted octanol–water partition coefficient (Wildman–Crippen LogP) is 4.44. The maximum atomic E-state index is 13.3. The Bertz CT molecular complexity index is 882. The summed E-state index contributed by atoms with van der Waals surface area (Å²) >= 11 is 0. The quantitative estimate of drug-likeness (QED) is 0.685. The molecule has 1 heterocycles. The second-order valence-corrected chi connectivity index (χ2v) is 11.5. The summed E-state index contributed by atoms with van der Waals surface area (Å²) in [7, 11) is 0. The third-order valence-corrected chi connectivity index (χ3v) is 9.96. The van der Waals surface area contributed by atoms with Crippen molar-refractivity contribution in [3.05, 3.63) is 24.5 Å². The minimum Gasteiger partial charge on any atom is -0.395 e. The number of Topliss-reactive ketones (excluding diaryl/α,β-unsaturated/α-hetero) is 1. The van der Waals surface area contributed by atoms with Crippen LogP contribution in [-0.2, 0) is 11.3 Å². The van der Waals surface area contributed by atoms with Crippen molar-refractivity contribution in [2.75, 3.05) is 6.61 Å². The molecule has 0 amide bonds. The minimum atomic E-state index is -0.851. The Kier molecular flexibility index (Phi) is 6.01. The first-order valence-electron chi connectivity index (χ1n) is 12.9. The molecule has 4 fully saturated rings. The number of aliphatic hydroxyl groups is 2. The van der Waals surface area contributed by atoms with Gasteiger partial charge >= 0.3 is 0 Å². The number of aromatic nitrogens is 1. The van der Waals surface area contributed by atoms with Gasteiger partial charge in [-0.15, -0.1) is 0 Å². The Balaban J connectivity index is 1.27. The summed E-state index contributed by atoms with van der Waals surface area (Å²) in [5, 5.41) is 20.0. The Labute approximate surface area is 192 Å². The van der Waals surface area contributed by atoms with E-state index in [1.165, 1.54) is 32.1 Å². The van der Waals surface area contributed by atoms with Crippen LogP contribution < -0.4 is 0 Å². The van der Waals surface area contributed by atoms with Crippen LogP contribution in [0.4, 0.5) is 0 Å². The maximum Gasteiger partial charge on any atom is 0.156 e. The largest absolute Gasteiger partial charge is 0.395 e. The van der Waals surface area contributed by atoms with Crippen molar-refractivity contribution in [2.24, 2.45) is 40.9 Å². The summed E-state index contributed by atoms with van der Waals surface area (Å²) in [5.41, 5.74) is -0.681. The van der Waals surface area contributed by atoms with E-state index >= 15 is 0 Å². The topological polar surface area (TPSA) is 62.5 Å². The van der Waals surface area contributed by atoms with Gasteiger partial charge in [-0.25, -0.2) is 0 Å². The molecule has 174 valence electrons. The van der Waals surface area contributed by atoms with Gasteiger partial charge in [-0.05, 0) is 105 Å². The van der Waals surface area contributed by atoms with Gasteiger partial charge < -0.3 is 14.8 Å². The molecule has 4 nitrogen and oxygen atoms in total. The minimum absolute atomic E-state index is 0.0635. The van der Waals surface area contributed by atoms with Crippen LogP contribution in [0.25, 0.3) is 0 Å². The Morgan fingerprint density at radius 3 is 2.59 bits per heavy atom. The molecule has 0 saturated heterocycles. The fourth-order valence-corrected chi connectivity index (χ4v) is 8.57. The predicted molar refractivity (Wildman–Crippen MR) is 124 cm³/mol. The van der Waals surface area contributed by atoms with Gasteiger partial charge in [0, 0.05) is 24.7 Å². The monoisotopic (exact) mass is 437 g/mol. The van der Waals surface area contributed by atoms with Crippen molar-refractivity contribution in [2.45, 2.75) is 83.3 Å². The fourth-order valence-electron chi connectivity index (χ4n) is 8.57. The third-order valence-electron chi connectivity index (χ3n) is 9.96. The first kappa shape index (κ1) is 22.2. The molecule has 1 aromatic rings. The normalized spacial score (nSPS) is 42.8. The molecule has 8 atom stereocenters. The molecular formula is C28H39NO3. The van der Waals surface area contributed by atoms with E-state index in [1.807, 2.05) is 29.1 Å². The lowest BCUT2D eigenvalue weighted by atomic mass is 9.49. The average Bonchev–Trinajstić information content (AvgIpc) is 3.40. The molecular weight excluding hydrogens is 398 g/mol. The summed E-state index contributed by atoms with van der Waals surface area (Å²) in [6.45, 7) is 3.02. The molecule has 32 heavy (non-hydrogen) atoms. The average molecular weight is 438 g/mol. The molecule has 4 saturated carbocycles. The van der Waals surface area contributed by atoms with Gasteiger partial charge in [0.05, 0.1) is 13.2 Å². The van der Waals surface area contributed by atoms with Crippen LogP contribution in [0.5, 0.6) is 0 Å². The zero-order valence-electron chi connectivity index (χ0n) is 19.5. The van der Waals surface area contributed by atoms with Gasteiger partial charge in [0.2, 0.25) is 0 Å². The zero-order chi connectivity index (χ0) is 22.3. The highest BCUT2D eigenvalue weighted by Gasteiger charge is 2.58. The fraction of sp³-hybridized carbons (Fsp3) is 0.750. The van der Waals surface area contributed by atoms with Gasteiger partial charge in [-0.3, -0.25) is 4.79 Å². The molecule has 1 aromatic heterocycles.